The SMILES string of the molecule is N#Cc1c(Cl)cccc1Nc1ccc(F)c(Cl)c1. The molecule has 18 heavy (non-hydrogen) atoms. The molecule has 0 unspecified atom stereocenters. The largest absolute Gasteiger partial charge is 0.354 e. The number of anilines is 2. The van der Waals surface area contributed by atoms with Gasteiger partial charge >= 0.3 is 0 Å². The number of halogens is 3. The molecule has 0 aliphatic rings. The highest BCUT2D eigenvalue weighted by Gasteiger charge is 2.07. The van der Waals surface area contributed by atoms with Crippen molar-refractivity contribution >= 4 is 34.6 Å². The molecule has 2 nitrogen and oxygen atoms in total. The van der Waals surface area contributed by atoms with Crippen LogP contribution in [0.5, 0.6) is 0 Å². The van der Waals surface area contributed by atoms with Gasteiger partial charge in [0.1, 0.15) is 11.9 Å². The van der Waals surface area contributed by atoms with Crippen LogP contribution in [0.3, 0.4) is 0 Å². The molecular weight excluding hydrogens is 274 g/mol. The summed E-state index contributed by atoms with van der Waals surface area (Å²) >= 11 is 11.6. The summed E-state index contributed by atoms with van der Waals surface area (Å²) in [5.41, 5.74) is 1.47. The fourth-order valence-corrected chi connectivity index (χ4v) is 1.87. The fraction of sp³-hybridized carbons (Fsp3) is 0. The minimum absolute atomic E-state index is 0.0144. The standard InChI is InChI=1S/C13H7Cl2FN2/c14-10-2-1-3-13(9(10)7-17)18-8-4-5-12(16)11(15)6-8/h1-6,18H. The molecular formula is C13H7Cl2FN2. The van der Waals surface area contributed by atoms with Crippen LogP contribution in [0.4, 0.5) is 15.8 Å². The quantitative estimate of drug-likeness (QED) is 0.862. The topological polar surface area (TPSA) is 35.8 Å². The molecule has 1 N–H and O–H groups in total. The average molecular weight is 281 g/mol. The lowest BCUT2D eigenvalue weighted by molar-refractivity contribution is 0.628. The summed E-state index contributed by atoms with van der Waals surface area (Å²) in [7, 11) is 0. The summed E-state index contributed by atoms with van der Waals surface area (Å²) in [5, 5.41) is 12.4. The van der Waals surface area contributed by atoms with Crippen molar-refractivity contribution in [3.8, 4) is 6.07 Å². The van der Waals surface area contributed by atoms with E-state index in [0.29, 0.717) is 22.0 Å². The van der Waals surface area contributed by atoms with Crippen LogP contribution in [-0.4, -0.2) is 0 Å². The number of nitrogens with zero attached hydrogens (tertiary/aromatic N) is 1. The van der Waals surface area contributed by atoms with E-state index in [1.807, 2.05) is 6.07 Å². The van der Waals surface area contributed by atoms with E-state index < -0.39 is 5.82 Å². The molecule has 0 fully saturated rings. The summed E-state index contributed by atoms with van der Waals surface area (Å²) < 4.78 is 13.0. The van der Waals surface area contributed by atoms with Crippen molar-refractivity contribution in [1.82, 2.24) is 0 Å². The number of nitrogens with one attached hydrogen (secondary N) is 1. The lowest BCUT2D eigenvalue weighted by atomic mass is 10.2. The van der Waals surface area contributed by atoms with Crippen molar-refractivity contribution in [1.29, 1.82) is 5.26 Å². The second kappa shape index (κ2) is 5.26. The van der Waals surface area contributed by atoms with Crippen molar-refractivity contribution in [2.45, 2.75) is 0 Å². The van der Waals surface area contributed by atoms with Crippen LogP contribution in [0.1, 0.15) is 5.56 Å². The number of nitriles is 1. The molecule has 0 radical (unpaired) electrons. The molecule has 0 spiro atoms. The molecule has 0 heterocycles. The number of hydrogen-bond donors (Lipinski definition) is 1. The Balaban J connectivity index is 2.37. The van der Waals surface area contributed by atoms with E-state index in [4.69, 9.17) is 28.5 Å². The van der Waals surface area contributed by atoms with E-state index in [1.54, 1.807) is 18.2 Å². The maximum absolute atomic E-state index is 13.0. The molecule has 0 aliphatic heterocycles. The highest BCUT2D eigenvalue weighted by atomic mass is 35.5. The molecule has 0 bridgehead atoms. The molecule has 5 heteroatoms. The molecule has 0 atom stereocenters. The summed E-state index contributed by atoms with van der Waals surface area (Å²) in [6.07, 6.45) is 0. The van der Waals surface area contributed by atoms with Gasteiger partial charge in [0.2, 0.25) is 0 Å². The molecule has 2 rings (SSSR count). The minimum Gasteiger partial charge on any atom is -0.354 e. The molecule has 0 aromatic heterocycles. The van der Waals surface area contributed by atoms with Crippen LogP contribution >= 0.6 is 23.2 Å². The molecule has 0 aliphatic carbocycles. The lowest BCUT2D eigenvalue weighted by Gasteiger charge is -2.09. The van der Waals surface area contributed by atoms with Crippen molar-refractivity contribution in [3.63, 3.8) is 0 Å². The van der Waals surface area contributed by atoms with Gasteiger partial charge in [-0.25, -0.2) is 4.39 Å². The van der Waals surface area contributed by atoms with Crippen LogP contribution in [-0.2, 0) is 0 Å². The fourth-order valence-electron chi connectivity index (χ4n) is 1.47. The third-order valence-corrected chi connectivity index (χ3v) is 2.93. The Morgan fingerprint density at radius 2 is 1.89 bits per heavy atom. The van der Waals surface area contributed by atoms with Gasteiger partial charge in [0.15, 0.2) is 0 Å². The summed E-state index contributed by atoms with van der Waals surface area (Å²) in [5.74, 6) is -0.492. The van der Waals surface area contributed by atoms with Gasteiger partial charge in [0.25, 0.3) is 0 Å². The smallest absolute Gasteiger partial charge is 0.141 e. The number of hydrogen-bond acceptors (Lipinski definition) is 2. The summed E-state index contributed by atoms with van der Waals surface area (Å²) in [6, 6.07) is 11.3. The Morgan fingerprint density at radius 1 is 1.11 bits per heavy atom. The second-order valence-electron chi connectivity index (χ2n) is 3.53. The first-order valence-electron chi connectivity index (χ1n) is 5.02. The van der Waals surface area contributed by atoms with Gasteiger partial charge in [-0.1, -0.05) is 29.3 Å². The van der Waals surface area contributed by atoms with E-state index in [-0.39, 0.29) is 5.02 Å². The highest BCUT2D eigenvalue weighted by Crippen LogP contribution is 2.28. The third kappa shape index (κ3) is 2.56. The van der Waals surface area contributed by atoms with Crippen molar-refractivity contribution in [2.24, 2.45) is 0 Å². The Kier molecular flexibility index (Phi) is 3.71. The first kappa shape index (κ1) is 12.7. The molecule has 0 saturated carbocycles. The average Bonchev–Trinajstić information content (AvgIpc) is 2.34. The van der Waals surface area contributed by atoms with E-state index >= 15 is 0 Å². The zero-order valence-electron chi connectivity index (χ0n) is 9.05. The van der Waals surface area contributed by atoms with Gasteiger partial charge in [0, 0.05) is 5.69 Å². The monoisotopic (exact) mass is 280 g/mol. The van der Waals surface area contributed by atoms with E-state index in [9.17, 15) is 4.39 Å². The van der Waals surface area contributed by atoms with Gasteiger partial charge in [0.05, 0.1) is 21.3 Å². The van der Waals surface area contributed by atoms with E-state index in [2.05, 4.69) is 5.32 Å². The molecule has 0 amide bonds. The molecule has 2 aromatic carbocycles. The lowest BCUT2D eigenvalue weighted by Crippen LogP contribution is -1.94. The van der Waals surface area contributed by atoms with Crippen molar-refractivity contribution < 1.29 is 4.39 Å². The van der Waals surface area contributed by atoms with Crippen LogP contribution < -0.4 is 5.32 Å². The van der Waals surface area contributed by atoms with Crippen LogP contribution in [0.2, 0.25) is 10.0 Å². The summed E-state index contributed by atoms with van der Waals surface area (Å²) in [4.78, 5) is 0. The predicted molar refractivity (Wildman–Crippen MR) is 70.9 cm³/mol. The van der Waals surface area contributed by atoms with Crippen molar-refractivity contribution in [3.05, 3.63) is 57.8 Å². The van der Waals surface area contributed by atoms with Gasteiger partial charge in [-0.05, 0) is 30.3 Å². The van der Waals surface area contributed by atoms with Gasteiger partial charge in [-0.2, -0.15) is 5.26 Å². The number of rotatable bonds is 2. The van der Waals surface area contributed by atoms with Crippen LogP contribution in [0.15, 0.2) is 36.4 Å². The molecule has 2 aromatic rings. The second-order valence-corrected chi connectivity index (χ2v) is 4.34. The van der Waals surface area contributed by atoms with Gasteiger partial charge in [-0.15, -0.1) is 0 Å². The zero-order valence-corrected chi connectivity index (χ0v) is 10.6. The molecule has 0 saturated heterocycles. The maximum atomic E-state index is 13.0. The van der Waals surface area contributed by atoms with Gasteiger partial charge in [-0.3, -0.25) is 0 Å². The Bertz CT molecular complexity index is 635. The highest BCUT2D eigenvalue weighted by molar-refractivity contribution is 6.32. The van der Waals surface area contributed by atoms with E-state index in [0.717, 1.165) is 0 Å². The minimum atomic E-state index is -0.492. The number of benzene rings is 2. The Morgan fingerprint density at radius 3 is 2.56 bits per heavy atom. The maximum Gasteiger partial charge on any atom is 0.141 e. The Labute approximate surface area is 114 Å². The van der Waals surface area contributed by atoms with E-state index in [1.165, 1.54) is 18.2 Å². The molecule has 90 valence electrons. The normalized spacial score (nSPS) is 9.89. The third-order valence-electron chi connectivity index (χ3n) is 2.32. The van der Waals surface area contributed by atoms with Gasteiger partial charge < -0.3 is 5.32 Å². The first-order valence-corrected chi connectivity index (χ1v) is 5.78. The van der Waals surface area contributed by atoms with Crippen LogP contribution in [0.25, 0.3) is 0 Å². The summed E-state index contributed by atoms with van der Waals surface area (Å²) in [6.45, 7) is 0. The Hall–Kier alpha value is -1.76. The van der Waals surface area contributed by atoms with Crippen LogP contribution in [0, 0.1) is 17.1 Å². The first-order chi connectivity index (χ1) is 8.61. The predicted octanol–water partition coefficient (Wildman–Crippen LogP) is 4.75. The van der Waals surface area contributed by atoms with Crippen molar-refractivity contribution in [2.75, 3.05) is 5.32 Å². The zero-order chi connectivity index (χ0) is 13.1.